The lowest BCUT2D eigenvalue weighted by Crippen LogP contribution is -2.55. The van der Waals surface area contributed by atoms with Gasteiger partial charge in [-0.15, -0.1) is 5.10 Å². The van der Waals surface area contributed by atoms with Crippen molar-refractivity contribution in [1.82, 2.24) is 10.3 Å². The van der Waals surface area contributed by atoms with Crippen LogP contribution < -0.4 is 15.0 Å². The van der Waals surface area contributed by atoms with E-state index in [1.807, 2.05) is 48.7 Å². The first kappa shape index (κ1) is 19.8. The number of anilines is 1. The van der Waals surface area contributed by atoms with E-state index in [0.717, 1.165) is 15.6 Å². The van der Waals surface area contributed by atoms with Crippen LogP contribution in [0.1, 0.15) is 30.3 Å². The van der Waals surface area contributed by atoms with Crippen molar-refractivity contribution in [3.05, 3.63) is 58.1 Å². The van der Waals surface area contributed by atoms with Gasteiger partial charge in [0.1, 0.15) is 5.75 Å². The number of rotatable bonds is 2. The van der Waals surface area contributed by atoms with Gasteiger partial charge in [0.2, 0.25) is 5.91 Å². The number of hydrogen-bond acceptors (Lipinski definition) is 6. The Morgan fingerprint density at radius 2 is 2.03 bits per heavy atom. The van der Waals surface area contributed by atoms with Crippen molar-refractivity contribution in [3.8, 4) is 5.75 Å². The number of nitrogens with zero attached hydrogens (tertiary/aromatic N) is 3. The van der Waals surface area contributed by atoms with E-state index in [4.69, 9.17) is 4.74 Å². The van der Waals surface area contributed by atoms with E-state index >= 15 is 0 Å². The molecular formula is C20H19BrN4O3S. The fourth-order valence-electron chi connectivity index (χ4n) is 3.73. The van der Waals surface area contributed by atoms with Crippen molar-refractivity contribution >= 4 is 50.4 Å². The van der Waals surface area contributed by atoms with Crippen LogP contribution in [0.2, 0.25) is 0 Å². The summed E-state index contributed by atoms with van der Waals surface area (Å²) in [5.41, 5.74) is 2.26. The normalized spacial score (nSPS) is 20.4. The number of carbonyl (C=O) groups excluding carboxylic acids is 2. The fraction of sp³-hybridized carbons (Fsp3) is 0.250. The van der Waals surface area contributed by atoms with Gasteiger partial charge in [-0.3, -0.25) is 19.5 Å². The van der Waals surface area contributed by atoms with E-state index in [2.05, 4.69) is 26.3 Å². The molecule has 4 rings (SSSR count). The molecule has 9 heteroatoms. The molecule has 0 saturated carbocycles. The van der Waals surface area contributed by atoms with E-state index in [1.165, 1.54) is 18.7 Å². The zero-order valence-corrected chi connectivity index (χ0v) is 18.5. The maximum Gasteiger partial charge on any atom is 0.255 e. The topological polar surface area (TPSA) is 74.2 Å². The Bertz CT molecular complexity index is 1030. The summed E-state index contributed by atoms with van der Waals surface area (Å²) >= 11 is 4.87. The van der Waals surface area contributed by atoms with Crippen LogP contribution in [0.3, 0.4) is 0 Å². The number of fused-ring (bicyclic) bond motifs is 3. The average molecular weight is 475 g/mol. The molecule has 0 fully saturated rings. The number of halogens is 1. The number of ether oxygens (including phenoxy) is 1. The summed E-state index contributed by atoms with van der Waals surface area (Å²) in [6, 6.07) is 12.4. The Labute approximate surface area is 181 Å². The molecule has 2 amide bonds. The first-order valence-corrected chi connectivity index (χ1v) is 10.9. The number of hydrogen-bond donors (Lipinski definition) is 1. The standard InChI is InChI=1S/C20H19BrN4O3S/c1-11(26)24-15-7-5-4-6-13(15)17-18(27)22-20(29-3)23-25(17)19(24)12-8-9-16(28-2)14(21)10-12/h4-10,17,19H,1-3H3,(H,22,23,27)/t17-,19+/m1/s1. The number of benzene rings is 2. The van der Waals surface area contributed by atoms with Crippen molar-refractivity contribution in [2.75, 3.05) is 18.3 Å². The van der Waals surface area contributed by atoms with Gasteiger partial charge in [-0.1, -0.05) is 36.0 Å². The first-order chi connectivity index (χ1) is 14.0. The maximum atomic E-state index is 13.0. The molecule has 2 heterocycles. The van der Waals surface area contributed by atoms with Crippen molar-refractivity contribution in [2.45, 2.75) is 19.1 Å². The Kier molecular flexibility index (Phi) is 5.26. The van der Waals surface area contributed by atoms with Crippen molar-refractivity contribution in [2.24, 2.45) is 5.10 Å². The molecule has 2 aromatic rings. The predicted molar refractivity (Wildman–Crippen MR) is 117 cm³/mol. The molecule has 0 aromatic heterocycles. The van der Waals surface area contributed by atoms with Crippen molar-refractivity contribution < 1.29 is 14.3 Å². The Morgan fingerprint density at radius 1 is 1.28 bits per heavy atom. The first-order valence-electron chi connectivity index (χ1n) is 8.90. The molecule has 0 bridgehead atoms. The van der Waals surface area contributed by atoms with E-state index < -0.39 is 12.2 Å². The van der Waals surface area contributed by atoms with Gasteiger partial charge in [-0.2, -0.15) is 0 Å². The summed E-state index contributed by atoms with van der Waals surface area (Å²) in [5, 5.41) is 9.73. The predicted octanol–water partition coefficient (Wildman–Crippen LogP) is 3.63. The van der Waals surface area contributed by atoms with Crippen LogP contribution >= 0.6 is 27.7 Å². The zero-order chi connectivity index (χ0) is 20.7. The summed E-state index contributed by atoms with van der Waals surface area (Å²) in [7, 11) is 1.60. The molecule has 7 nitrogen and oxygen atoms in total. The molecule has 2 aliphatic rings. The van der Waals surface area contributed by atoms with Crippen LogP contribution in [0.5, 0.6) is 5.75 Å². The highest BCUT2D eigenvalue weighted by molar-refractivity contribution is 9.10. The summed E-state index contributed by atoms with van der Waals surface area (Å²) in [6.07, 6.45) is 1.27. The molecule has 1 N–H and O–H groups in total. The fourth-order valence-corrected chi connectivity index (χ4v) is 4.66. The quantitative estimate of drug-likeness (QED) is 0.718. The molecule has 0 aliphatic carbocycles. The molecule has 0 radical (unpaired) electrons. The summed E-state index contributed by atoms with van der Waals surface area (Å²) < 4.78 is 6.10. The van der Waals surface area contributed by atoms with Gasteiger partial charge >= 0.3 is 0 Å². The third-order valence-corrected chi connectivity index (χ3v) is 6.13. The lowest BCUT2D eigenvalue weighted by Gasteiger charge is -2.48. The second kappa shape index (κ2) is 7.72. The SMILES string of the molecule is COc1ccc([C@H]2N(C(C)=O)c3ccccc3[C@@H]3C(=O)NC(SC)=NN32)cc1Br. The highest BCUT2D eigenvalue weighted by atomic mass is 79.9. The van der Waals surface area contributed by atoms with Gasteiger partial charge in [-0.25, -0.2) is 0 Å². The second-order valence-electron chi connectivity index (χ2n) is 6.60. The van der Waals surface area contributed by atoms with Gasteiger partial charge in [0.15, 0.2) is 17.4 Å². The number of hydrazone groups is 1. The van der Waals surface area contributed by atoms with Gasteiger partial charge in [0, 0.05) is 12.5 Å². The molecular weight excluding hydrogens is 456 g/mol. The smallest absolute Gasteiger partial charge is 0.255 e. The van der Waals surface area contributed by atoms with Crippen molar-refractivity contribution in [3.63, 3.8) is 0 Å². The summed E-state index contributed by atoms with van der Waals surface area (Å²) in [6.45, 7) is 1.52. The number of carbonyl (C=O) groups is 2. The molecule has 2 atom stereocenters. The molecule has 0 unspecified atom stereocenters. The molecule has 0 spiro atoms. The van der Waals surface area contributed by atoms with Gasteiger partial charge in [0.05, 0.1) is 17.3 Å². The molecule has 2 aliphatic heterocycles. The Hall–Kier alpha value is -2.52. The number of thioether (sulfide) groups is 1. The third-order valence-electron chi connectivity index (χ3n) is 4.94. The van der Waals surface area contributed by atoms with Crippen LogP contribution in [0.25, 0.3) is 0 Å². The Balaban J connectivity index is 1.96. The second-order valence-corrected chi connectivity index (χ2v) is 8.25. The monoisotopic (exact) mass is 474 g/mol. The summed E-state index contributed by atoms with van der Waals surface area (Å²) in [4.78, 5) is 27.5. The van der Waals surface area contributed by atoms with E-state index in [9.17, 15) is 9.59 Å². The van der Waals surface area contributed by atoms with Crippen LogP contribution in [0, 0.1) is 0 Å². The van der Waals surface area contributed by atoms with E-state index in [1.54, 1.807) is 17.0 Å². The highest BCUT2D eigenvalue weighted by Crippen LogP contribution is 2.47. The van der Waals surface area contributed by atoms with Crippen LogP contribution in [0.15, 0.2) is 52.0 Å². The number of nitrogens with one attached hydrogen (secondary N) is 1. The molecule has 2 aromatic carbocycles. The number of methoxy groups -OCH3 is 1. The maximum absolute atomic E-state index is 13.0. The minimum Gasteiger partial charge on any atom is -0.496 e. The molecule has 29 heavy (non-hydrogen) atoms. The number of para-hydroxylation sites is 1. The zero-order valence-electron chi connectivity index (χ0n) is 16.0. The number of amides is 2. The highest BCUT2D eigenvalue weighted by Gasteiger charge is 2.46. The lowest BCUT2D eigenvalue weighted by molar-refractivity contribution is -0.129. The van der Waals surface area contributed by atoms with Crippen molar-refractivity contribution in [1.29, 1.82) is 0 Å². The van der Waals surface area contributed by atoms with Gasteiger partial charge in [0.25, 0.3) is 5.91 Å². The summed E-state index contributed by atoms with van der Waals surface area (Å²) in [5.74, 6) is 0.373. The average Bonchev–Trinajstić information content (AvgIpc) is 2.71. The van der Waals surface area contributed by atoms with Gasteiger partial charge in [-0.05, 0) is 45.9 Å². The van der Waals surface area contributed by atoms with Crippen LogP contribution in [0.4, 0.5) is 5.69 Å². The minimum absolute atomic E-state index is 0.139. The minimum atomic E-state index is -0.636. The van der Waals surface area contributed by atoms with Crippen LogP contribution in [-0.4, -0.2) is 35.4 Å². The van der Waals surface area contributed by atoms with E-state index in [0.29, 0.717) is 16.6 Å². The largest absolute Gasteiger partial charge is 0.496 e. The van der Waals surface area contributed by atoms with Gasteiger partial charge < -0.3 is 10.1 Å². The molecule has 150 valence electrons. The van der Waals surface area contributed by atoms with Crippen LogP contribution in [-0.2, 0) is 9.59 Å². The van der Waals surface area contributed by atoms with E-state index in [-0.39, 0.29) is 11.8 Å². The lowest BCUT2D eigenvalue weighted by atomic mass is 9.95. The Morgan fingerprint density at radius 3 is 2.69 bits per heavy atom. The molecule has 0 saturated heterocycles. The third kappa shape index (κ3) is 3.28. The number of amidine groups is 1.